The molecule has 3 nitrogen and oxygen atoms in total. The molecule has 0 saturated carbocycles. The molecule has 3 heteroatoms. The number of rotatable bonds is 3. The predicted molar refractivity (Wildman–Crippen MR) is 77.8 cm³/mol. The molecule has 1 heterocycles. The van der Waals surface area contributed by atoms with Crippen molar-refractivity contribution in [1.82, 2.24) is 0 Å². The lowest BCUT2D eigenvalue weighted by Crippen LogP contribution is -2.26. The van der Waals surface area contributed by atoms with Gasteiger partial charge < -0.3 is 15.4 Å². The van der Waals surface area contributed by atoms with Crippen molar-refractivity contribution < 1.29 is 4.74 Å². The Morgan fingerprint density at radius 1 is 1.00 bits per heavy atom. The van der Waals surface area contributed by atoms with Crippen molar-refractivity contribution in [2.24, 2.45) is 5.73 Å². The zero-order valence-corrected chi connectivity index (χ0v) is 10.8. The summed E-state index contributed by atoms with van der Waals surface area (Å²) in [5, 5.41) is 0. The second-order valence-electron chi connectivity index (χ2n) is 4.91. The molecule has 2 aromatic carbocycles. The van der Waals surface area contributed by atoms with Crippen molar-refractivity contribution in [1.29, 1.82) is 0 Å². The molecule has 0 radical (unpaired) electrons. The van der Waals surface area contributed by atoms with Crippen molar-refractivity contribution in [3.8, 4) is 11.5 Å². The minimum Gasteiger partial charge on any atom is -0.457 e. The largest absolute Gasteiger partial charge is 0.457 e. The number of nitrogens with zero attached hydrogens (tertiary/aromatic N) is 1. The molecule has 0 aromatic heterocycles. The summed E-state index contributed by atoms with van der Waals surface area (Å²) in [4.78, 5) is 2.31. The van der Waals surface area contributed by atoms with Gasteiger partial charge in [-0.3, -0.25) is 0 Å². The molecule has 98 valence electrons. The van der Waals surface area contributed by atoms with Crippen LogP contribution in [0.5, 0.6) is 11.5 Å². The maximum atomic E-state index is 5.95. The van der Waals surface area contributed by atoms with Gasteiger partial charge in [-0.25, -0.2) is 0 Å². The van der Waals surface area contributed by atoms with Crippen LogP contribution in [-0.4, -0.2) is 19.1 Å². The van der Waals surface area contributed by atoms with Crippen molar-refractivity contribution in [2.45, 2.75) is 12.5 Å². The summed E-state index contributed by atoms with van der Waals surface area (Å²) in [6, 6.07) is 18.3. The van der Waals surface area contributed by atoms with E-state index in [9.17, 15) is 0 Å². The maximum absolute atomic E-state index is 5.95. The fraction of sp³-hybridized carbons (Fsp3) is 0.250. The van der Waals surface area contributed by atoms with Gasteiger partial charge in [0.15, 0.2) is 0 Å². The van der Waals surface area contributed by atoms with E-state index in [1.807, 2.05) is 42.5 Å². The molecule has 0 spiro atoms. The zero-order chi connectivity index (χ0) is 13.1. The molecule has 1 aliphatic heterocycles. The van der Waals surface area contributed by atoms with Crippen LogP contribution in [-0.2, 0) is 0 Å². The predicted octanol–water partition coefficient (Wildman–Crippen LogP) is 3.02. The molecule has 19 heavy (non-hydrogen) atoms. The fourth-order valence-electron chi connectivity index (χ4n) is 2.39. The molecular formula is C16H18N2O. The number of nitrogens with two attached hydrogens (primary N) is 1. The molecule has 2 N–H and O–H groups in total. The first-order valence-corrected chi connectivity index (χ1v) is 6.65. The Balaban J connectivity index is 1.76. The lowest BCUT2D eigenvalue weighted by atomic mass is 10.2. The van der Waals surface area contributed by atoms with Gasteiger partial charge >= 0.3 is 0 Å². The first-order valence-electron chi connectivity index (χ1n) is 6.65. The molecular weight excluding hydrogens is 236 g/mol. The molecule has 2 aromatic rings. The summed E-state index contributed by atoms with van der Waals surface area (Å²) in [6.45, 7) is 1.95. The first kappa shape index (κ1) is 12.1. The lowest BCUT2D eigenvalue weighted by Gasteiger charge is -2.18. The average molecular weight is 254 g/mol. The third-order valence-corrected chi connectivity index (χ3v) is 3.39. The Kier molecular flexibility index (Phi) is 3.38. The van der Waals surface area contributed by atoms with Gasteiger partial charge in [-0.15, -0.1) is 0 Å². The number of hydrogen-bond donors (Lipinski definition) is 1. The second-order valence-corrected chi connectivity index (χ2v) is 4.91. The summed E-state index contributed by atoms with van der Waals surface area (Å²) < 4.78 is 5.85. The van der Waals surface area contributed by atoms with Crippen LogP contribution in [0.25, 0.3) is 0 Å². The molecule has 1 atom stereocenters. The Hall–Kier alpha value is -2.00. The highest BCUT2D eigenvalue weighted by atomic mass is 16.5. The molecule has 0 amide bonds. The summed E-state index contributed by atoms with van der Waals surface area (Å²) in [6.07, 6.45) is 1.06. The average Bonchev–Trinajstić information content (AvgIpc) is 2.87. The molecule has 0 bridgehead atoms. The lowest BCUT2D eigenvalue weighted by molar-refractivity contribution is 0.482. The van der Waals surface area contributed by atoms with Gasteiger partial charge in [-0.1, -0.05) is 24.3 Å². The zero-order valence-electron chi connectivity index (χ0n) is 10.8. The second kappa shape index (κ2) is 5.33. The number of anilines is 1. The molecule has 1 aliphatic rings. The van der Waals surface area contributed by atoms with Gasteiger partial charge in [-0.05, 0) is 30.7 Å². The molecule has 0 aliphatic carbocycles. The van der Waals surface area contributed by atoms with Crippen LogP contribution in [0.3, 0.4) is 0 Å². The normalized spacial score (nSPS) is 18.6. The summed E-state index contributed by atoms with van der Waals surface area (Å²) in [7, 11) is 0. The highest BCUT2D eigenvalue weighted by molar-refractivity contribution is 5.52. The number of hydrogen-bond acceptors (Lipinski definition) is 3. The Bertz CT molecular complexity index is 541. The molecule has 1 saturated heterocycles. The number of ether oxygens (including phenoxy) is 1. The fourth-order valence-corrected chi connectivity index (χ4v) is 2.39. The van der Waals surface area contributed by atoms with E-state index in [2.05, 4.69) is 17.0 Å². The van der Waals surface area contributed by atoms with Gasteiger partial charge in [0.2, 0.25) is 0 Å². The monoisotopic (exact) mass is 254 g/mol. The van der Waals surface area contributed by atoms with E-state index in [4.69, 9.17) is 10.5 Å². The number of benzene rings is 2. The Labute approximate surface area is 113 Å². The topological polar surface area (TPSA) is 38.5 Å². The van der Waals surface area contributed by atoms with Gasteiger partial charge in [0, 0.05) is 30.9 Å². The maximum Gasteiger partial charge on any atom is 0.129 e. The van der Waals surface area contributed by atoms with Crippen LogP contribution in [0, 0.1) is 0 Å². The van der Waals surface area contributed by atoms with Crippen molar-refractivity contribution in [2.75, 3.05) is 18.0 Å². The van der Waals surface area contributed by atoms with Crippen LogP contribution < -0.4 is 15.4 Å². The summed E-state index contributed by atoms with van der Waals surface area (Å²) in [5.74, 6) is 1.72. The van der Waals surface area contributed by atoms with Crippen molar-refractivity contribution in [3.05, 3.63) is 54.6 Å². The smallest absolute Gasteiger partial charge is 0.129 e. The van der Waals surface area contributed by atoms with E-state index in [1.165, 1.54) is 5.69 Å². The SMILES string of the molecule is NC1CCN(c2cccc(Oc3ccccc3)c2)C1. The molecule has 1 fully saturated rings. The number of para-hydroxylation sites is 1. The third-order valence-electron chi connectivity index (χ3n) is 3.39. The van der Waals surface area contributed by atoms with Gasteiger partial charge in [0.05, 0.1) is 0 Å². The van der Waals surface area contributed by atoms with E-state index in [0.717, 1.165) is 31.0 Å². The van der Waals surface area contributed by atoms with E-state index in [1.54, 1.807) is 0 Å². The quantitative estimate of drug-likeness (QED) is 0.915. The van der Waals surface area contributed by atoms with Crippen molar-refractivity contribution in [3.63, 3.8) is 0 Å². The highest BCUT2D eigenvalue weighted by Gasteiger charge is 2.19. The summed E-state index contributed by atoms with van der Waals surface area (Å²) in [5.41, 5.74) is 7.13. The molecule has 3 rings (SSSR count). The van der Waals surface area contributed by atoms with Gasteiger partial charge in [-0.2, -0.15) is 0 Å². The van der Waals surface area contributed by atoms with Crippen molar-refractivity contribution >= 4 is 5.69 Å². The van der Waals surface area contributed by atoms with E-state index < -0.39 is 0 Å². The minimum absolute atomic E-state index is 0.290. The highest BCUT2D eigenvalue weighted by Crippen LogP contribution is 2.27. The van der Waals surface area contributed by atoms with E-state index in [-0.39, 0.29) is 0 Å². The van der Waals surface area contributed by atoms with Crippen LogP contribution in [0.2, 0.25) is 0 Å². The van der Waals surface area contributed by atoms with Crippen LogP contribution in [0.15, 0.2) is 54.6 Å². The Morgan fingerprint density at radius 3 is 2.53 bits per heavy atom. The minimum atomic E-state index is 0.290. The first-order chi connectivity index (χ1) is 9.31. The van der Waals surface area contributed by atoms with Crippen LogP contribution in [0.1, 0.15) is 6.42 Å². The van der Waals surface area contributed by atoms with Crippen LogP contribution in [0.4, 0.5) is 5.69 Å². The van der Waals surface area contributed by atoms with E-state index in [0.29, 0.717) is 6.04 Å². The third kappa shape index (κ3) is 2.88. The van der Waals surface area contributed by atoms with Gasteiger partial charge in [0.25, 0.3) is 0 Å². The van der Waals surface area contributed by atoms with Crippen LogP contribution >= 0.6 is 0 Å². The Morgan fingerprint density at radius 2 is 1.79 bits per heavy atom. The standard InChI is InChI=1S/C16H18N2O/c17-13-9-10-18(12-13)14-5-4-8-16(11-14)19-15-6-2-1-3-7-15/h1-8,11,13H,9-10,12,17H2. The van der Waals surface area contributed by atoms with E-state index >= 15 is 0 Å². The van der Waals surface area contributed by atoms with Gasteiger partial charge in [0.1, 0.15) is 11.5 Å². The molecule has 1 unspecified atom stereocenters. The summed E-state index contributed by atoms with van der Waals surface area (Å²) >= 11 is 0.